The van der Waals surface area contributed by atoms with Crippen LogP contribution in [-0.4, -0.2) is 52.9 Å². The number of carbonyl (C=O) groups is 3. The van der Waals surface area contributed by atoms with Crippen molar-refractivity contribution < 1.29 is 19.1 Å². The second kappa shape index (κ2) is 11.1. The second-order valence-electron chi connectivity index (χ2n) is 10.6. The monoisotopic (exact) mass is 562 g/mol. The van der Waals surface area contributed by atoms with Gasteiger partial charge in [0.25, 0.3) is 5.91 Å². The van der Waals surface area contributed by atoms with Gasteiger partial charge in [0.2, 0.25) is 11.8 Å². The lowest BCUT2D eigenvalue weighted by Crippen LogP contribution is -2.62. The van der Waals surface area contributed by atoms with E-state index in [1.807, 2.05) is 50.2 Å². The molecule has 11 heteroatoms. The number of hydrogen-bond acceptors (Lipinski definition) is 7. The van der Waals surface area contributed by atoms with Crippen LogP contribution in [0.5, 0.6) is 11.6 Å². The molecule has 3 unspecified atom stereocenters. The number of piperidine rings is 1. The fourth-order valence-corrected chi connectivity index (χ4v) is 7.60. The number of nitrogens with zero attached hydrogens (tertiary/aromatic N) is 2. The molecule has 40 heavy (non-hydrogen) atoms. The first kappa shape index (κ1) is 26.6. The summed E-state index contributed by atoms with van der Waals surface area (Å²) in [6.45, 7) is 4.44. The van der Waals surface area contributed by atoms with E-state index in [1.165, 1.54) is 11.8 Å². The number of ether oxygens (including phenoxy) is 1. The van der Waals surface area contributed by atoms with E-state index in [0.717, 1.165) is 37.9 Å². The van der Waals surface area contributed by atoms with Crippen LogP contribution >= 0.6 is 11.8 Å². The zero-order valence-electron chi connectivity index (χ0n) is 22.6. The predicted octanol–water partition coefficient (Wildman–Crippen LogP) is 3.54. The number of thioether (sulfide) groups is 1. The number of pyridine rings is 1. The molecule has 4 amide bonds. The molecule has 1 aliphatic carbocycles. The van der Waals surface area contributed by atoms with E-state index in [0.29, 0.717) is 34.3 Å². The SMILES string of the molecule is CCC(=O)N[C@@H]1CCC[C@H]1NC(=O)C1=C2NC(=O)N(c3ccc(Oc4ccccc4)nc3C)C3CCNC(S1)C23. The molecule has 3 fully saturated rings. The van der Waals surface area contributed by atoms with Gasteiger partial charge in [-0.3, -0.25) is 14.5 Å². The molecule has 4 N–H and O–H groups in total. The Balaban J connectivity index is 1.22. The smallest absolute Gasteiger partial charge is 0.326 e. The number of anilines is 1. The molecule has 0 spiro atoms. The average Bonchev–Trinajstić information content (AvgIpc) is 3.55. The van der Waals surface area contributed by atoms with Gasteiger partial charge >= 0.3 is 6.03 Å². The Morgan fingerprint density at radius 1 is 1.10 bits per heavy atom. The molecule has 2 saturated heterocycles. The molecule has 4 aliphatic rings. The van der Waals surface area contributed by atoms with Crippen LogP contribution in [-0.2, 0) is 9.59 Å². The summed E-state index contributed by atoms with van der Waals surface area (Å²) in [5.74, 6) is 0.900. The highest BCUT2D eigenvalue weighted by Gasteiger charge is 2.52. The number of rotatable bonds is 7. The van der Waals surface area contributed by atoms with Gasteiger partial charge in [-0.25, -0.2) is 9.78 Å². The molecule has 1 aromatic heterocycles. The molecule has 2 aromatic rings. The van der Waals surface area contributed by atoms with Crippen molar-refractivity contribution in [1.29, 1.82) is 0 Å². The molecule has 3 aliphatic heterocycles. The summed E-state index contributed by atoms with van der Waals surface area (Å²) in [5.41, 5.74) is 2.11. The summed E-state index contributed by atoms with van der Waals surface area (Å²) in [5, 5.41) is 12.8. The number of hydrogen-bond donors (Lipinski definition) is 4. The summed E-state index contributed by atoms with van der Waals surface area (Å²) < 4.78 is 5.89. The van der Waals surface area contributed by atoms with Crippen molar-refractivity contribution >= 4 is 35.3 Å². The Hall–Kier alpha value is -3.57. The lowest BCUT2D eigenvalue weighted by atomic mass is 9.86. The van der Waals surface area contributed by atoms with Crippen LogP contribution in [0.4, 0.5) is 10.5 Å². The van der Waals surface area contributed by atoms with Crippen LogP contribution in [0.1, 0.15) is 44.7 Å². The lowest BCUT2D eigenvalue weighted by molar-refractivity contribution is -0.122. The van der Waals surface area contributed by atoms with Gasteiger partial charge < -0.3 is 26.0 Å². The Morgan fingerprint density at radius 2 is 1.88 bits per heavy atom. The van der Waals surface area contributed by atoms with E-state index in [9.17, 15) is 14.4 Å². The van der Waals surface area contributed by atoms with Crippen LogP contribution in [0.15, 0.2) is 53.1 Å². The highest BCUT2D eigenvalue weighted by Crippen LogP contribution is 2.48. The molecule has 1 saturated carbocycles. The maximum atomic E-state index is 13.6. The Morgan fingerprint density at radius 3 is 2.62 bits per heavy atom. The molecular weight excluding hydrogens is 528 g/mol. The van der Waals surface area contributed by atoms with E-state index in [4.69, 9.17) is 4.74 Å². The third-order valence-electron chi connectivity index (χ3n) is 8.10. The Bertz CT molecular complexity index is 1350. The lowest BCUT2D eigenvalue weighted by Gasteiger charge is -2.46. The summed E-state index contributed by atoms with van der Waals surface area (Å²) >= 11 is 1.48. The third-order valence-corrected chi connectivity index (χ3v) is 9.46. The van der Waals surface area contributed by atoms with Crippen molar-refractivity contribution in [3.8, 4) is 11.6 Å². The quantitative estimate of drug-likeness (QED) is 0.407. The van der Waals surface area contributed by atoms with Gasteiger partial charge in [-0.1, -0.05) is 36.9 Å². The van der Waals surface area contributed by atoms with Crippen molar-refractivity contribution in [2.24, 2.45) is 5.92 Å². The molecule has 0 bridgehead atoms. The number of benzene rings is 1. The van der Waals surface area contributed by atoms with Gasteiger partial charge in [-0.05, 0) is 57.4 Å². The van der Waals surface area contributed by atoms with E-state index in [-0.39, 0.29) is 47.3 Å². The number of para-hydroxylation sites is 1. The largest absolute Gasteiger partial charge is 0.439 e. The Kier molecular flexibility index (Phi) is 7.41. The number of amides is 4. The van der Waals surface area contributed by atoms with Crippen molar-refractivity contribution in [1.82, 2.24) is 26.3 Å². The van der Waals surface area contributed by atoms with Gasteiger partial charge in [0.05, 0.1) is 27.7 Å². The molecule has 5 atom stereocenters. The molecular formula is C29H34N6O4S. The minimum atomic E-state index is -0.264. The Labute approximate surface area is 237 Å². The predicted molar refractivity (Wildman–Crippen MR) is 153 cm³/mol. The standard InChI is InChI=1S/C29H34N6O4S/c1-3-22(36)32-18-10-7-11-19(18)33-27(37)26-25-24-21(14-15-30-28(24)40-26)35(29(38)34-25)20-12-13-23(31-16(20)2)39-17-8-5-4-6-9-17/h4-6,8-9,12-13,18-19,21,24,28,30H,3,7,10-11,14-15H2,1-2H3,(H,32,36)(H,33,37)(H,34,38)/t18-,19-,21?,24?,28?/m1/s1. The fourth-order valence-electron chi connectivity index (χ4n) is 6.20. The van der Waals surface area contributed by atoms with Crippen LogP contribution < -0.4 is 30.9 Å². The van der Waals surface area contributed by atoms with Crippen molar-refractivity contribution in [3.05, 3.63) is 58.8 Å². The first-order valence-electron chi connectivity index (χ1n) is 14.0. The zero-order valence-corrected chi connectivity index (χ0v) is 23.4. The molecule has 0 radical (unpaired) electrons. The number of aryl methyl sites for hydroxylation is 1. The minimum absolute atomic E-state index is 0.00874. The zero-order chi connectivity index (χ0) is 27.8. The van der Waals surface area contributed by atoms with E-state index < -0.39 is 0 Å². The van der Waals surface area contributed by atoms with E-state index in [1.54, 1.807) is 11.0 Å². The van der Waals surface area contributed by atoms with Crippen LogP contribution in [0.25, 0.3) is 0 Å². The van der Waals surface area contributed by atoms with Gasteiger partial charge in [-0.15, -0.1) is 0 Å². The first-order valence-corrected chi connectivity index (χ1v) is 14.9. The normalized spacial score (nSPS) is 27.2. The fraction of sp³-hybridized carbons (Fsp3) is 0.448. The molecule has 1 aromatic carbocycles. The molecule has 10 nitrogen and oxygen atoms in total. The van der Waals surface area contributed by atoms with E-state index >= 15 is 0 Å². The third kappa shape index (κ3) is 5.03. The number of nitrogens with one attached hydrogen (secondary N) is 4. The second-order valence-corrected chi connectivity index (χ2v) is 11.8. The van der Waals surface area contributed by atoms with Gasteiger partial charge in [0.1, 0.15) is 5.75 Å². The number of aromatic nitrogens is 1. The van der Waals surface area contributed by atoms with Gasteiger partial charge in [0.15, 0.2) is 0 Å². The van der Waals surface area contributed by atoms with Crippen molar-refractivity contribution in [2.75, 3.05) is 11.4 Å². The topological polar surface area (TPSA) is 125 Å². The maximum absolute atomic E-state index is 13.6. The number of carbonyl (C=O) groups excluding carboxylic acids is 3. The summed E-state index contributed by atoms with van der Waals surface area (Å²) in [4.78, 5) is 46.1. The maximum Gasteiger partial charge on any atom is 0.326 e. The minimum Gasteiger partial charge on any atom is -0.439 e. The molecule has 210 valence electrons. The van der Waals surface area contributed by atoms with E-state index in [2.05, 4.69) is 26.3 Å². The summed E-state index contributed by atoms with van der Waals surface area (Å²) in [6, 6.07) is 12.6. The van der Waals surface area contributed by atoms with Crippen LogP contribution in [0, 0.1) is 12.8 Å². The summed E-state index contributed by atoms with van der Waals surface area (Å²) in [7, 11) is 0. The van der Waals surface area contributed by atoms with Crippen molar-refractivity contribution in [2.45, 2.75) is 69.5 Å². The first-order chi connectivity index (χ1) is 19.4. The van der Waals surface area contributed by atoms with Crippen molar-refractivity contribution in [3.63, 3.8) is 0 Å². The molecule has 6 rings (SSSR count). The van der Waals surface area contributed by atoms with Crippen LogP contribution in [0.2, 0.25) is 0 Å². The van der Waals surface area contributed by atoms with Gasteiger partial charge in [-0.2, -0.15) is 0 Å². The molecule has 4 heterocycles. The number of urea groups is 1. The highest BCUT2D eigenvalue weighted by atomic mass is 32.2. The summed E-state index contributed by atoms with van der Waals surface area (Å²) in [6.07, 6.45) is 3.78. The van der Waals surface area contributed by atoms with Crippen LogP contribution in [0.3, 0.4) is 0 Å². The average molecular weight is 563 g/mol. The highest BCUT2D eigenvalue weighted by molar-refractivity contribution is 8.04. The van der Waals surface area contributed by atoms with Gasteiger partial charge in [0, 0.05) is 36.2 Å².